The molecule has 0 heterocycles. The van der Waals surface area contributed by atoms with E-state index in [9.17, 15) is 9.90 Å². The molecule has 2 aromatic rings. The summed E-state index contributed by atoms with van der Waals surface area (Å²) in [4.78, 5) is 12.6. The predicted octanol–water partition coefficient (Wildman–Crippen LogP) is 3.01. The largest absolute Gasteiger partial charge is 0.394 e. The molecule has 4 N–H and O–H groups in total. The third kappa shape index (κ3) is 4.40. The predicted molar refractivity (Wildman–Crippen MR) is 99.8 cm³/mol. The van der Waals surface area contributed by atoms with Gasteiger partial charge in [-0.25, -0.2) is 0 Å². The van der Waals surface area contributed by atoms with E-state index in [4.69, 9.17) is 17.3 Å². The molecule has 1 aliphatic rings. The van der Waals surface area contributed by atoms with Gasteiger partial charge in [0.15, 0.2) is 0 Å². The molecule has 2 aromatic carbocycles. The molecule has 0 radical (unpaired) electrons. The zero-order valence-electron chi connectivity index (χ0n) is 14.0. The van der Waals surface area contributed by atoms with Crippen LogP contribution in [0.5, 0.6) is 0 Å². The molecule has 25 heavy (non-hydrogen) atoms. The van der Waals surface area contributed by atoms with E-state index in [2.05, 4.69) is 5.32 Å². The first-order valence-corrected chi connectivity index (χ1v) is 8.99. The number of aryl methyl sites for hydroxylation is 1. The summed E-state index contributed by atoms with van der Waals surface area (Å²) in [5, 5.41) is 13.1. The standard InChI is InChI=1S/C20H23ClN2O2/c21-17-5-1-4-14(10-17)19(12-24)23-20(25)15-8-7-13-3-2-6-18(22)11-16(13)9-15/h1,4-5,7-10,18-19,24H,2-3,6,11-12,22H2,(H,23,25). The van der Waals surface area contributed by atoms with E-state index < -0.39 is 6.04 Å². The van der Waals surface area contributed by atoms with Gasteiger partial charge in [0.2, 0.25) is 0 Å². The van der Waals surface area contributed by atoms with Crippen molar-refractivity contribution in [3.8, 4) is 0 Å². The van der Waals surface area contributed by atoms with Gasteiger partial charge >= 0.3 is 0 Å². The van der Waals surface area contributed by atoms with E-state index in [1.54, 1.807) is 18.2 Å². The van der Waals surface area contributed by atoms with Crippen molar-refractivity contribution in [3.63, 3.8) is 0 Å². The fourth-order valence-electron chi connectivity index (χ4n) is 3.34. The van der Waals surface area contributed by atoms with Crippen molar-refractivity contribution in [2.45, 2.75) is 37.8 Å². The first-order valence-electron chi connectivity index (χ1n) is 8.61. The second kappa shape index (κ2) is 8.00. The molecule has 132 valence electrons. The van der Waals surface area contributed by atoms with Crippen molar-refractivity contribution >= 4 is 17.5 Å². The van der Waals surface area contributed by atoms with Crippen molar-refractivity contribution < 1.29 is 9.90 Å². The summed E-state index contributed by atoms with van der Waals surface area (Å²) in [5.74, 6) is -0.209. The number of fused-ring (bicyclic) bond motifs is 1. The number of carbonyl (C=O) groups excluding carboxylic acids is 1. The zero-order valence-corrected chi connectivity index (χ0v) is 14.8. The summed E-state index contributed by atoms with van der Waals surface area (Å²) < 4.78 is 0. The van der Waals surface area contributed by atoms with Crippen LogP contribution >= 0.6 is 11.6 Å². The molecule has 5 heteroatoms. The highest BCUT2D eigenvalue weighted by Crippen LogP contribution is 2.22. The van der Waals surface area contributed by atoms with Gasteiger partial charge in [-0.3, -0.25) is 4.79 Å². The van der Waals surface area contributed by atoms with Crippen LogP contribution in [0.3, 0.4) is 0 Å². The van der Waals surface area contributed by atoms with Gasteiger partial charge in [0.25, 0.3) is 5.91 Å². The summed E-state index contributed by atoms with van der Waals surface area (Å²) in [6.45, 7) is -0.193. The van der Waals surface area contributed by atoms with Crippen LogP contribution in [0, 0.1) is 0 Å². The number of aliphatic hydroxyl groups excluding tert-OH is 1. The van der Waals surface area contributed by atoms with E-state index in [0.717, 1.165) is 36.8 Å². The lowest BCUT2D eigenvalue weighted by atomic mass is 9.98. The van der Waals surface area contributed by atoms with E-state index in [-0.39, 0.29) is 18.6 Å². The number of hydrogen-bond acceptors (Lipinski definition) is 3. The Morgan fingerprint density at radius 3 is 2.88 bits per heavy atom. The number of halogens is 1. The minimum Gasteiger partial charge on any atom is -0.394 e. The Labute approximate surface area is 153 Å². The summed E-state index contributed by atoms with van der Waals surface area (Å²) in [6, 6.07) is 12.6. The Hall–Kier alpha value is -1.88. The fourth-order valence-corrected chi connectivity index (χ4v) is 3.54. The summed E-state index contributed by atoms with van der Waals surface area (Å²) in [7, 11) is 0. The van der Waals surface area contributed by atoms with Crippen molar-refractivity contribution in [1.82, 2.24) is 5.32 Å². The number of amides is 1. The van der Waals surface area contributed by atoms with Gasteiger partial charge < -0.3 is 16.2 Å². The molecule has 0 fully saturated rings. The smallest absolute Gasteiger partial charge is 0.251 e. The topological polar surface area (TPSA) is 75.4 Å². The second-order valence-corrected chi connectivity index (χ2v) is 7.04. The van der Waals surface area contributed by atoms with Crippen LogP contribution in [0.15, 0.2) is 42.5 Å². The van der Waals surface area contributed by atoms with E-state index in [1.165, 1.54) is 5.56 Å². The van der Waals surface area contributed by atoms with E-state index >= 15 is 0 Å². The van der Waals surface area contributed by atoms with Gasteiger partial charge in [0.05, 0.1) is 12.6 Å². The normalized spacial score (nSPS) is 18.1. The van der Waals surface area contributed by atoms with Crippen LogP contribution in [0.25, 0.3) is 0 Å². The van der Waals surface area contributed by atoms with Crippen LogP contribution < -0.4 is 11.1 Å². The van der Waals surface area contributed by atoms with Gasteiger partial charge in [-0.15, -0.1) is 0 Å². The van der Waals surface area contributed by atoms with Crippen molar-refractivity contribution in [1.29, 1.82) is 0 Å². The molecule has 0 bridgehead atoms. The summed E-state index contributed by atoms with van der Waals surface area (Å²) in [6.07, 6.45) is 3.90. The molecule has 1 aliphatic carbocycles. The molecule has 0 aromatic heterocycles. The maximum absolute atomic E-state index is 12.6. The summed E-state index contributed by atoms with van der Waals surface area (Å²) >= 11 is 6.00. The number of nitrogens with one attached hydrogen (secondary N) is 1. The highest BCUT2D eigenvalue weighted by atomic mass is 35.5. The molecule has 0 spiro atoms. The molecule has 0 saturated heterocycles. The van der Waals surface area contributed by atoms with Crippen LogP contribution in [-0.4, -0.2) is 23.7 Å². The van der Waals surface area contributed by atoms with Crippen molar-refractivity contribution in [3.05, 3.63) is 69.7 Å². The average molecular weight is 359 g/mol. The zero-order chi connectivity index (χ0) is 17.8. The molecular formula is C20H23ClN2O2. The number of aliphatic hydroxyl groups is 1. The highest BCUT2D eigenvalue weighted by molar-refractivity contribution is 6.30. The van der Waals surface area contributed by atoms with Gasteiger partial charge in [0.1, 0.15) is 0 Å². The number of nitrogens with two attached hydrogens (primary N) is 1. The van der Waals surface area contributed by atoms with Crippen LogP contribution in [0.2, 0.25) is 5.02 Å². The van der Waals surface area contributed by atoms with Gasteiger partial charge in [-0.1, -0.05) is 29.8 Å². The third-order valence-electron chi connectivity index (χ3n) is 4.71. The minimum atomic E-state index is -0.493. The molecule has 0 saturated carbocycles. The molecular weight excluding hydrogens is 336 g/mol. The monoisotopic (exact) mass is 358 g/mol. The number of carbonyl (C=O) groups is 1. The number of rotatable bonds is 4. The van der Waals surface area contributed by atoms with Crippen LogP contribution in [-0.2, 0) is 12.8 Å². The molecule has 1 amide bonds. The molecule has 0 aliphatic heterocycles. The molecule has 3 rings (SSSR count). The fraction of sp³-hybridized carbons (Fsp3) is 0.350. The molecule has 2 unspecified atom stereocenters. The maximum atomic E-state index is 12.6. The Balaban J connectivity index is 1.78. The maximum Gasteiger partial charge on any atom is 0.251 e. The van der Waals surface area contributed by atoms with Crippen LogP contribution in [0.1, 0.15) is 45.9 Å². The van der Waals surface area contributed by atoms with Gasteiger partial charge in [0, 0.05) is 16.6 Å². The van der Waals surface area contributed by atoms with Gasteiger partial charge in [-0.05, 0) is 66.6 Å². The molecule has 4 nitrogen and oxygen atoms in total. The quantitative estimate of drug-likeness (QED) is 0.735. The molecule has 2 atom stereocenters. The Kier molecular flexibility index (Phi) is 5.74. The number of benzene rings is 2. The average Bonchev–Trinajstić information content (AvgIpc) is 2.79. The van der Waals surface area contributed by atoms with Crippen LogP contribution in [0.4, 0.5) is 0 Å². The number of hydrogen-bond donors (Lipinski definition) is 3. The summed E-state index contributed by atoms with van der Waals surface area (Å²) in [5.41, 5.74) is 9.92. The third-order valence-corrected chi connectivity index (χ3v) is 4.95. The minimum absolute atomic E-state index is 0.149. The Bertz CT molecular complexity index is 763. The Morgan fingerprint density at radius 1 is 1.28 bits per heavy atom. The van der Waals surface area contributed by atoms with Gasteiger partial charge in [-0.2, -0.15) is 0 Å². The highest BCUT2D eigenvalue weighted by Gasteiger charge is 2.18. The van der Waals surface area contributed by atoms with E-state index in [0.29, 0.717) is 10.6 Å². The Morgan fingerprint density at radius 2 is 2.12 bits per heavy atom. The first-order chi connectivity index (χ1) is 12.1. The SMILES string of the molecule is NC1CCCc2ccc(C(=O)NC(CO)c3cccc(Cl)c3)cc2C1. The van der Waals surface area contributed by atoms with Crippen molar-refractivity contribution in [2.75, 3.05) is 6.61 Å². The lowest BCUT2D eigenvalue weighted by Gasteiger charge is -2.18. The lowest BCUT2D eigenvalue weighted by molar-refractivity contribution is 0.0916. The van der Waals surface area contributed by atoms with Crippen molar-refractivity contribution in [2.24, 2.45) is 5.73 Å². The lowest BCUT2D eigenvalue weighted by Crippen LogP contribution is -2.31. The first kappa shape index (κ1) is 17.9. The second-order valence-electron chi connectivity index (χ2n) is 6.60. The van der Waals surface area contributed by atoms with E-state index in [1.807, 2.05) is 24.3 Å².